The van der Waals surface area contributed by atoms with E-state index in [1.807, 2.05) is 13.8 Å². The average molecular weight is 259 g/mol. The third-order valence-corrected chi connectivity index (χ3v) is 2.65. The summed E-state index contributed by atoms with van der Waals surface area (Å²) in [5.41, 5.74) is 0.855. The highest BCUT2D eigenvalue weighted by Gasteiger charge is 2.01. The molecule has 14 heavy (non-hydrogen) atoms. The zero-order chi connectivity index (χ0) is 10.6. The first kappa shape index (κ1) is 11.4. The highest BCUT2D eigenvalue weighted by atomic mass is 79.9. The van der Waals surface area contributed by atoms with Crippen molar-refractivity contribution in [2.24, 2.45) is 0 Å². The molecule has 1 heterocycles. The summed E-state index contributed by atoms with van der Waals surface area (Å²) in [6.07, 6.45) is 2.09. The lowest BCUT2D eigenvalue weighted by Crippen LogP contribution is -2.23. The van der Waals surface area contributed by atoms with Gasteiger partial charge in [0.1, 0.15) is 5.82 Å². The molecule has 0 amide bonds. The van der Waals surface area contributed by atoms with Crippen molar-refractivity contribution in [3.8, 4) is 0 Å². The lowest BCUT2D eigenvalue weighted by Gasteiger charge is -2.08. The van der Waals surface area contributed by atoms with Gasteiger partial charge in [0.25, 0.3) is 5.56 Å². The SMILES string of the molecule is Cc1cc(=O)n(CCCCBr)c(C)n1. The Balaban J connectivity index is 2.81. The van der Waals surface area contributed by atoms with Crippen LogP contribution >= 0.6 is 15.9 Å². The second-order valence-electron chi connectivity index (χ2n) is 3.33. The standard InChI is InChI=1S/C10H15BrN2O/c1-8-7-10(14)13(9(2)12-8)6-4-3-5-11/h7H,3-6H2,1-2H3. The number of alkyl halides is 1. The minimum absolute atomic E-state index is 0.0598. The minimum Gasteiger partial charge on any atom is -0.297 e. The molecule has 78 valence electrons. The van der Waals surface area contributed by atoms with Gasteiger partial charge in [-0.15, -0.1) is 0 Å². The molecule has 0 spiro atoms. The molecule has 1 rings (SSSR count). The van der Waals surface area contributed by atoms with Gasteiger partial charge in [-0.3, -0.25) is 9.36 Å². The van der Waals surface area contributed by atoms with Gasteiger partial charge in [-0.2, -0.15) is 0 Å². The molecule has 0 N–H and O–H groups in total. The summed E-state index contributed by atoms with van der Waals surface area (Å²) in [5, 5.41) is 0.986. The van der Waals surface area contributed by atoms with Crippen molar-refractivity contribution in [3.63, 3.8) is 0 Å². The van der Waals surface area contributed by atoms with Crippen LogP contribution in [0.4, 0.5) is 0 Å². The van der Waals surface area contributed by atoms with Gasteiger partial charge >= 0.3 is 0 Å². The van der Waals surface area contributed by atoms with Gasteiger partial charge in [-0.25, -0.2) is 4.98 Å². The molecule has 1 aromatic rings. The van der Waals surface area contributed by atoms with Crippen LogP contribution in [-0.4, -0.2) is 14.9 Å². The summed E-state index contributed by atoms with van der Waals surface area (Å²) in [7, 11) is 0. The number of nitrogens with zero attached hydrogens (tertiary/aromatic N) is 2. The summed E-state index contributed by atoms with van der Waals surface area (Å²) < 4.78 is 1.73. The number of aromatic nitrogens is 2. The third kappa shape index (κ3) is 2.94. The molecule has 0 saturated carbocycles. The van der Waals surface area contributed by atoms with Gasteiger partial charge in [0.15, 0.2) is 0 Å². The Morgan fingerprint density at radius 2 is 2.14 bits per heavy atom. The maximum Gasteiger partial charge on any atom is 0.253 e. The molecule has 0 aliphatic rings. The van der Waals surface area contributed by atoms with Gasteiger partial charge in [0.2, 0.25) is 0 Å². The van der Waals surface area contributed by atoms with E-state index in [1.165, 1.54) is 0 Å². The lowest BCUT2D eigenvalue weighted by molar-refractivity contribution is 0.586. The van der Waals surface area contributed by atoms with Crippen LogP contribution in [0.3, 0.4) is 0 Å². The van der Waals surface area contributed by atoms with Crippen LogP contribution in [-0.2, 0) is 6.54 Å². The van der Waals surface area contributed by atoms with Crippen molar-refractivity contribution >= 4 is 15.9 Å². The molecule has 0 atom stereocenters. The third-order valence-electron chi connectivity index (χ3n) is 2.09. The van der Waals surface area contributed by atoms with Crippen LogP contribution in [0.15, 0.2) is 10.9 Å². The normalized spacial score (nSPS) is 10.5. The number of hydrogen-bond donors (Lipinski definition) is 0. The van der Waals surface area contributed by atoms with Gasteiger partial charge in [0, 0.05) is 23.6 Å². The molecule has 0 bridgehead atoms. The van der Waals surface area contributed by atoms with Crippen molar-refractivity contribution in [1.82, 2.24) is 9.55 Å². The first-order valence-electron chi connectivity index (χ1n) is 4.76. The molecule has 3 nitrogen and oxygen atoms in total. The Labute approximate surface area is 92.3 Å². The van der Waals surface area contributed by atoms with Crippen molar-refractivity contribution < 1.29 is 0 Å². The highest BCUT2D eigenvalue weighted by molar-refractivity contribution is 9.09. The zero-order valence-corrected chi connectivity index (χ0v) is 10.2. The fourth-order valence-electron chi connectivity index (χ4n) is 1.40. The van der Waals surface area contributed by atoms with Crippen LogP contribution < -0.4 is 5.56 Å². The van der Waals surface area contributed by atoms with E-state index < -0.39 is 0 Å². The van der Waals surface area contributed by atoms with Crippen LogP contribution in [0.2, 0.25) is 0 Å². The van der Waals surface area contributed by atoms with E-state index in [0.717, 1.165) is 36.2 Å². The summed E-state index contributed by atoms with van der Waals surface area (Å²) in [6, 6.07) is 1.58. The topological polar surface area (TPSA) is 34.9 Å². The molecule has 0 aliphatic carbocycles. The van der Waals surface area contributed by atoms with Crippen molar-refractivity contribution in [3.05, 3.63) is 27.9 Å². The highest BCUT2D eigenvalue weighted by Crippen LogP contribution is 1.99. The Morgan fingerprint density at radius 3 is 2.71 bits per heavy atom. The minimum atomic E-state index is 0.0598. The van der Waals surface area contributed by atoms with Gasteiger partial charge in [-0.1, -0.05) is 15.9 Å². The molecular weight excluding hydrogens is 244 g/mol. The van der Waals surface area contributed by atoms with Crippen molar-refractivity contribution in [2.75, 3.05) is 5.33 Å². The van der Waals surface area contributed by atoms with Crippen molar-refractivity contribution in [1.29, 1.82) is 0 Å². The predicted octanol–water partition coefficient (Wildman–Crippen LogP) is 2.04. The van der Waals surface area contributed by atoms with Gasteiger partial charge < -0.3 is 0 Å². The molecule has 0 fully saturated rings. The molecule has 4 heteroatoms. The van der Waals surface area contributed by atoms with Crippen LogP contribution in [0.5, 0.6) is 0 Å². The van der Waals surface area contributed by atoms with Crippen LogP contribution in [0, 0.1) is 13.8 Å². The Kier molecular flexibility index (Phi) is 4.32. The number of halogens is 1. The van der Waals surface area contributed by atoms with E-state index in [4.69, 9.17) is 0 Å². The average Bonchev–Trinajstić information content (AvgIpc) is 2.09. The number of rotatable bonds is 4. The Morgan fingerprint density at radius 1 is 1.43 bits per heavy atom. The van der Waals surface area contributed by atoms with Gasteiger partial charge in [-0.05, 0) is 26.7 Å². The van der Waals surface area contributed by atoms with E-state index in [0.29, 0.717) is 0 Å². The fraction of sp³-hybridized carbons (Fsp3) is 0.600. The predicted molar refractivity (Wildman–Crippen MR) is 61.0 cm³/mol. The van der Waals surface area contributed by atoms with E-state index in [2.05, 4.69) is 20.9 Å². The van der Waals surface area contributed by atoms with Crippen molar-refractivity contribution in [2.45, 2.75) is 33.2 Å². The molecule has 1 aromatic heterocycles. The van der Waals surface area contributed by atoms with Gasteiger partial charge in [0.05, 0.1) is 0 Å². The van der Waals surface area contributed by atoms with Crippen LogP contribution in [0.1, 0.15) is 24.4 Å². The van der Waals surface area contributed by atoms with E-state index in [1.54, 1.807) is 10.6 Å². The molecule has 0 radical (unpaired) electrons. The Bertz CT molecular complexity index is 360. The lowest BCUT2D eigenvalue weighted by atomic mass is 10.3. The molecular formula is C10H15BrN2O. The monoisotopic (exact) mass is 258 g/mol. The first-order valence-corrected chi connectivity index (χ1v) is 5.88. The van der Waals surface area contributed by atoms with E-state index in [9.17, 15) is 4.79 Å². The maximum atomic E-state index is 11.6. The smallest absolute Gasteiger partial charge is 0.253 e. The fourth-order valence-corrected chi connectivity index (χ4v) is 1.80. The second-order valence-corrected chi connectivity index (χ2v) is 4.12. The molecule has 0 aromatic carbocycles. The summed E-state index contributed by atoms with van der Waals surface area (Å²) in [4.78, 5) is 15.8. The summed E-state index contributed by atoms with van der Waals surface area (Å²) >= 11 is 3.37. The maximum absolute atomic E-state index is 11.6. The summed E-state index contributed by atoms with van der Waals surface area (Å²) in [6.45, 7) is 4.49. The molecule has 0 saturated heterocycles. The number of hydrogen-bond acceptors (Lipinski definition) is 2. The van der Waals surface area contributed by atoms with E-state index in [-0.39, 0.29) is 5.56 Å². The zero-order valence-electron chi connectivity index (χ0n) is 8.59. The molecule has 0 unspecified atom stereocenters. The number of aryl methyl sites for hydroxylation is 2. The molecule has 0 aliphatic heterocycles. The van der Waals surface area contributed by atoms with Crippen LogP contribution in [0.25, 0.3) is 0 Å². The van der Waals surface area contributed by atoms with E-state index >= 15 is 0 Å². The first-order chi connectivity index (χ1) is 6.65. The second kappa shape index (κ2) is 5.29. The quantitative estimate of drug-likeness (QED) is 0.612. The largest absolute Gasteiger partial charge is 0.297 e. The summed E-state index contributed by atoms with van der Waals surface area (Å²) in [5.74, 6) is 0.810. The Hall–Kier alpha value is -0.640. The number of unbranched alkanes of at least 4 members (excludes halogenated alkanes) is 1.